The zero-order valence-electron chi connectivity index (χ0n) is 6.55. The lowest BCUT2D eigenvalue weighted by molar-refractivity contribution is -0.144. The Morgan fingerprint density at radius 2 is 1.93 bits per heavy atom. The monoisotopic (exact) mass is 201 g/mol. The molecule has 0 radical (unpaired) electrons. The summed E-state index contributed by atoms with van der Waals surface area (Å²) >= 11 is 0. The number of nitrogens with zero attached hydrogens (tertiary/aromatic N) is 2. The third kappa shape index (κ3) is 1.11. The van der Waals surface area contributed by atoms with Gasteiger partial charge in [-0.3, -0.25) is 9.32 Å². The molecule has 0 spiro atoms. The Hall–Kier alpha value is -2.32. The van der Waals surface area contributed by atoms with E-state index in [0.29, 0.717) is 0 Å². The fraction of sp³-hybridized carbons (Fsp3) is 0.200. The molecular formula is C5H3N3O6. The van der Waals surface area contributed by atoms with Gasteiger partial charge in [-0.25, -0.2) is 19.4 Å². The molecule has 1 fully saturated rings. The van der Waals surface area contributed by atoms with Gasteiger partial charge in [0.25, 0.3) is 5.91 Å². The van der Waals surface area contributed by atoms with Crippen LogP contribution in [0.2, 0.25) is 0 Å². The minimum Gasteiger partial charge on any atom is -0.314 e. The fourth-order valence-electron chi connectivity index (χ4n) is 0.907. The summed E-state index contributed by atoms with van der Waals surface area (Å²) in [5.41, 5.74) is -1.00. The molecule has 74 valence electrons. The highest BCUT2D eigenvalue weighted by molar-refractivity contribution is 6.03. The molecule has 0 bridgehead atoms. The Balaban J connectivity index is 2.46. The molecule has 1 aliphatic rings. The number of aromatic nitrogens is 2. The molecule has 9 heteroatoms. The molecule has 1 aromatic heterocycles. The summed E-state index contributed by atoms with van der Waals surface area (Å²) in [5.74, 6) is -2.67. The van der Waals surface area contributed by atoms with E-state index in [9.17, 15) is 19.2 Å². The molecule has 9 nitrogen and oxygen atoms in total. The largest absolute Gasteiger partial charge is 0.441 e. The number of rotatable bonds is 1. The second-order valence-corrected chi connectivity index (χ2v) is 2.39. The van der Waals surface area contributed by atoms with E-state index < -0.39 is 29.7 Å². The van der Waals surface area contributed by atoms with Gasteiger partial charge < -0.3 is 4.84 Å². The van der Waals surface area contributed by atoms with Gasteiger partial charge in [0, 0.05) is 0 Å². The van der Waals surface area contributed by atoms with Crippen molar-refractivity contribution < 1.29 is 18.9 Å². The molecule has 0 aliphatic carbocycles. The highest BCUT2D eigenvalue weighted by atomic mass is 16.8. The lowest BCUT2D eigenvalue weighted by Gasteiger charge is -2.07. The first-order valence-electron chi connectivity index (χ1n) is 3.44. The van der Waals surface area contributed by atoms with Crippen LogP contribution in [0.1, 0.15) is 6.42 Å². The number of hydroxylamine groups is 1. The Kier molecular flexibility index (Phi) is 1.53. The maximum absolute atomic E-state index is 11.0. The molecule has 1 aromatic rings. The molecule has 1 saturated heterocycles. The summed E-state index contributed by atoms with van der Waals surface area (Å²) in [7, 11) is 0. The van der Waals surface area contributed by atoms with E-state index >= 15 is 0 Å². The number of carbonyl (C=O) groups is 2. The van der Waals surface area contributed by atoms with Crippen molar-refractivity contribution in [3.63, 3.8) is 0 Å². The number of hydrogen-bond donors (Lipinski definition) is 1. The van der Waals surface area contributed by atoms with Crippen molar-refractivity contribution in [1.82, 2.24) is 9.83 Å². The van der Waals surface area contributed by atoms with Crippen LogP contribution in [0.15, 0.2) is 14.1 Å². The normalized spacial score (nSPS) is 16.1. The summed E-state index contributed by atoms with van der Waals surface area (Å²) in [5, 5.41) is 0.280. The van der Waals surface area contributed by atoms with E-state index in [-0.39, 0.29) is 10.0 Å². The summed E-state index contributed by atoms with van der Waals surface area (Å²) in [6.45, 7) is 0. The first-order chi connectivity index (χ1) is 6.58. The summed E-state index contributed by atoms with van der Waals surface area (Å²) in [4.78, 5) is 49.3. The van der Waals surface area contributed by atoms with Crippen molar-refractivity contribution in [2.75, 3.05) is 5.17 Å². The minimum atomic E-state index is -1.05. The Morgan fingerprint density at radius 1 is 1.21 bits per heavy atom. The van der Waals surface area contributed by atoms with Gasteiger partial charge >= 0.3 is 17.4 Å². The predicted molar refractivity (Wildman–Crippen MR) is 37.5 cm³/mol. The van der Waals surface area contributed by atoms with Crippen LogP contribution in [0.4, 0.5) is 0 Å². The van der Waals surface area contributed by atoms with Crippen LogP contribution >= 0.6 is 0 Å². The standard InChI is InChI=1S/C5H3N3O6/c9-2-1-3(10)13-7(2)8-4(11)6-5(12)14-8/h1H2,(H,6,11,12). The SMILES string of the molecule is O=C1CC(=O)N(n2oc(=O)[nH]c2=O)O1. The van der Waals surface area contributed by atoms with Gasteiger partial charge in [0.2, 0.25) is 0 Å². The molecule has 1 aliphatic heterocycles. The maximum atomic E-state index is 11.0. The fourth-order valence-corrected chi connectivity index (χ4v) is 0.907. The van der Waals surface area contributed by atoms with E-state index in [2.05, 4.69) is 9.36 Å². The molecule has 14 heavy (non-hydrogen) atoms. The third-order valence-corrected chi connectivity index (χ3v) is 1.41. The van der Waals surface area contributed by atoms with E-state index in [1.807, 2.05) is 0 Å². The molecule has 1 amide bonds. The first kappa shape index (κ1) is 8.29. The van der Waals surface area contributed by atoms with Gasteiger partial charge in [0.05, 0.1) is 0 Å². The van der Waals surface area contributed by atoms with Crippen LogP contribution in [-0.4, -0.2) is 21.7 Å². The lowest BCUT2D eigenvalue weighted by atomic mass is 10.4. The lowest BCUT2D eigenvalue weighted by Crippen LogP contribution is -2.40. The van der Waals surface area contributed by atoms with E-state index in [1.165, 1.54) is 0 Å². The van der Waals surface area contributed by atoms with Crippen LogP contribution < -0.4 is 16.6 Å². The van der Waals surface area contributed by atoms with Crippen molar-refractivity contribution in [3.8, 4) is 0 Å². The minimum absolute atomic E-state index is 0.232. The quantitative estimate of drug-likeness (QED) is 0.500. The smallest absolute Gasteiger partial charge is 0.314 e. The number of amides is 1. The summed E-state index contributed by atoms with van der Waals surface area (Å²) in [6, 6.07) is 0. The number of H-pyrrole nitrogens is 1. The molecule has 0 aromatic carbocycles. The number of nitrogens with one attached hydrogen (secondary N) is 1. The van der Waals surface area contributed by atoms with Gasteiger partial charge in [-0.15, -0.1) is 0 Å². The van der Waals surface area contributed by atoms with E-state index in [1.54, 1.807) is 4.98 Å². The van der Waals surface area contributed by atoms with E-state index in [4.69, 9.17) is 0 Å². The molecule has 2 rings (SSSR count). The van der Waals surface area contributed by atoms with E-state index in [0.717, 1.165) is 0 Å². The van der Waals surface area contributed by atoms with Crippen molar-refractivity contribution in [1.29, 1.82) is 0 Å². The topological polar surface area (TPSA) is 115 Å². The molecule has 2 heterocycles. The second kappa shape index (κ2) is 2.58. The Morgan fingerprint density at radius 3 is 2.36 bits per heavy atom. The Labute approximate surface area is 74.4 Å². The molecule has 0 saturated carbocycles. The number of carbonyl (C=O) groups excluding carboxylic acids is 2. The third-order valence-electron chi connectivity index (χ3n) is 1.41. The molecular weight excluding hydrogens is 198 g/mol. The number of aromatic amines is 1. The highest BCUT2D eigenvalue weighted by Crippen LogP contribution is 2.04. The zero-order chi connectivity index (χ0) is 10.3. The molecule has 0 atom stereocenters. The summed E-state index contributed by atoms with van der Waals surface area (Å²) in [6.07, 6.45) is -0.499. The zero-order valence-corrected chi connectivity index (χ0v) is 6.55. The van der Waals surface area contributed by atoms with Gasteiger partial charge in [-0.2, -0.15) is 0 Å². The van der Waals surface area contributed by atoms with Crippen molar-refractivity contribution in [2.24, 2.45) is 0 Å². The highest BCUT2D eigenvalue weighted by Gasteiger charge is 2.34. The van der Waals surface area contributed by atoms with Crippen LogP contribution in [0.25, 0.3) is 0 Å². The van der Waals surface area contributed by atoms with Crippen molar-refractivity contribution in [2.45, 2.75) is 6.42 Å². The van der Waals surface area contributed by atoms with Crippen LogP contribution in [0, 0.1) is 0 Å². The maximum Gasteiger partial charge on any atom is 0.441 e. The van der Waals surface area contributed by atoms with Gasteiger partial charge in [-0.1, -0.05) is 0 Å². The molecule has 1 N–H and O–H groups in total. The van der Waals surface area contributed by atoms with Crippen molar-refractivity contribution >= 4 is 11.9 Å². The van der Waals surface area contributed by atoms with Gasteiger partial charge in [0.15, 0.2) is 0 Å². The van der Waals surface area contributed by atoms with Crippen LogP contribution in [0.3, 0.4) is 0 Å². The van der Waals surface area contributed by atoms with Crippen molar-refractivity contribution in [3.05, 3.63) is 21.0 Å². The average Bonchev–Trinajstić information content (AvgIpc) is 2.55. The summed E-state index contributed by atoms with van der Waals surface area (Å²) < 4.78 is 4.24. The van der Waals surface area contributed by atoms with Gasteiger partial charge in [-0.05, 0) is 10.0 Å². The van der Waals surface area contributed by atoms with Gasteiger partial charge in [0.1, 0.15) is 6.42 Å². The average molecular weight is 201 g/mol. The first-order valence-corrected chi connectivity index (χ1v) is 3.44. The Bertz CT molecular complexity index is 506. The predicted octanol–water partition coefficient (Wildman–Crippen LogP) is -2.54. The number of hydrogen-bond acceptors (Lipinski definition) is 6. The second-order valence-electron chi connectivity index (χ2n) is 2.39. The van der Waals surface area contributed by atoms with Crippen LogP contribution in [-0.2, 0) is 14.4 Å². The van der Waals surface area contributed by atoms with Crippen LogP contribution in [0.5, 0.6) is 0 Å². The molecule has 0 unspecified atom stereocenters.